The van der Waals surface area contributed by atoms with Gasteiger partial charge in [-0.05, 0) is 54.9 Å². The Labute approximate surface area is 249 Å². The number of hydrogen-bond donors (Lipinski definition) is 0. The van der Waals surface area contributed by atoms with Crippen molar-refractivity contribution in [3.05, 3.63) is 76.6 Å². The molecule has 0 radical (unpaired) electrons. The molecule has 3 aliphatic heterocycles. The normalized spacial score (nSPS) is 20.1. The van der Waals surface area contributed by atoms with Crippen LogP contribution in [0.25, 0.3) is 0 Å². The molecule has 3 aromatic rings. The zero-order valence-electron chi connectivity index (χ0n) is 24.6. The van der Waals surface area contributed by atoms with Gasteiger partial charge in [0.15, 0.2) is 23.1 Å². The summed E-state index contributed by atoms with van der Waals surface area (Å²) in [7, 11) is 2.48. The molecule has 3 aliphatic rings. The van der Waals surface area contributed by atoms with Gasteiger partial charge in [-0.3, -0.25) is 9.59 Å². The molecule has 1 aromatic heterocycles. The zero-order chi connectivity index (χ0) is 30.2. The van der Waals surface area contributed by atoms with E-state index >= 15 is 8.78 Å². The van der Waals surface area contributed by atoms with Crippen LogP contribution in [-0.4, -0.2) is 84.1 Å². The van der Waals surface area contributed by atoms with Crippen molar-refractivity contribution >= 4 is 17.8 Å². The van der Waals surface area contributed by atoms with Gasteiger partial charge in [-0.15, -0.1) is 0 Å². The Kier molecular flexibility index (Phi) is 7.89. The number of methoxy groups -OCH3 is 2. The largest absolute Gasteiger partial charge is 0.494 e. The summed E-state index contributed by atoms with van der Waals surface area (Å²) >= 11 is 0. The lowest BCUT2D eigenvalue weighted by atomic mass is 9.88. The number of likely N-dealkylation sites (tertiary alicyclic amines) is 2. The molecule has 9 nitrogen and oxygen atoms in total. The topological polar surface area (TPSA) is 88.1 Å². The molecule has 3 fully saturated rings. The monoisotopic (exact) mass is 591 g/mol. The number of piperazine rings is 1. The smallest absolute Gasteiger partial charge is 0.260 e. The second-order valence-electron chi connectivity index (χ2n) is 11.4. The number of aryl methyl sites for hydroxylation is 1. The second-order valence-corrected chi connectivity index (χ2v) is 11.4. The maximum absolute atomic E-state index is 15.0. The molecule has 0 saturated carbocycles. The van der Waals surface area contributed by atoms with Gasteiger partial charge in [-0.2, -0.15) is 0 Å². The van der Waals surface area contributed by atoms with Crippen molar-refractivity contribution in [2.45, 2.75) is 50.6 Å². The fraction of sp³-hybridized carbons (Fsp3) is 0.438. The first-order chi connectivity index (χ1) is 20.8. The van der Waals surface area contributed by atoms with Crippen molar-refractivity contribution in [3.8, 4) is 11.5 Å². The molecule has 43 heavy (non-hydrogen) atoms. The third-order valence-electron chi connectivity index (χ3n) is 9.03. The fourth-order valence-corrected chi connectivity index (χ4v) is 6.58. The van der Waals surface area contributed by atoms with Crippen molar-refractivity contribution in [2.24, 2.45) is 0 Å². The highest BCUT2D eigenvalue weighted by atomic mass is 19.1. The number of amides is 2. The van der Waals surface area contributed by atoms with Crippen LogP contribution in [0, 0.1) is 11.6 Å². The Morgan fingerprint density at radius 1 is 0.907 bits per heavy atom. The van der Waals surface area contributed by atoms with Gasteiger partial charge in [-0.1, -0.05) is 19.1 Å². The molecule has 2 amide bonds. The molecule has 2 atom stereocenters. The molecule has 226 valence electrons. The van der Waals surface area contributed by atoms with E-state index in [-0.39, 0.29) is 36.0 Å². The number of piperidine rings is 1. The van der Waals surface area contributed by atoms with Gasteiger partial charge in [0, 0.05) is 50.2 Å². The average molecular weight is 592 g/mol. The molecule has 0 unspecified atom stereocenters. The minimum absolute atomic E-state index is 0.0938. The second kappa shape index (κ2) is 11.8. The Balaban J connectivity index is 1.11. The number of anilines is 1. The molecule has 2 aromatic carbocycles. The van der Waals surface area contributed by atoms with Crippen molar-refractivity contribution in [1.29, 1.82) is 0 Å². The third-order valence-corrected chi connectivity index (χ3v) is 9.03. The highest BCUT2D eigenvalue weighted by Crippen LogP contribution is 2.37. The van der Waals surface area contributed by atoms with E-state index in [0.717, 1.165) is 55.5 Å². The molecule has 2 bridgehead atoms. The maximum Gasteiger partial charge on any atom is 0.260 e. The van der Waals surface area contributed by atoms with Crippen LogP contribution in [0.15, 0.2) is 42.7 Å². The molecule has 3 saturated heterocycles. The van der Waals surface area contributed by atoms with Crippen molar-refractivity contribution in [3.63, 3.8) is 0 Å². The Hall–Kier alpha value is -4.28. The number of nitrogens with zero attached hydrogens (tertiary/aromatic N) is 5. The van der Waals surface area contributed by atoms with E-state index in [1.165, 1.54) is 19.1 Å². The fourth-order valence-electron chi connectivity index (χ4n) is 6.58. The third kappa shape index (κ3) is 5.25. The van der Waals surface area contributed by atoms with Crippen LogP contribution in [0.2, 0.25) is 0 Å². The summed E-state index contributed by atoms with van der Waals surface area (Å²) in [6, 6.07) is 8.32. The number of fused-ring (bicyclic) bond motifs is 2. The van der Waals surface area contributed by atoms with E-state index in [4.69, 9.17) is 9.47 Å². The summed E-state index contributed by atoms with van der Waals surface area (Å²) in [5, 5.41) is 0. The van der Waals surface area contributed by atoms with E-state index in [9.17, 15) is 9.59 Å². The zero-order valence-corrected chi connectivity index (χ0v) is 24.6. The van der Waals surface area contributed by atoms with Gasteiger partial charge in [-0.25, -0.2) is 18.7 Å². The molecule has 6 rings (SSSR count). The summed E-state index contributed by atoms with van der Waals surface area (Å²) in [5.74, 6) is -2.45. The lowest BCUT2D eigenvalue weighted by molar-refractivity contribution is 0.0520. The van der Waals surface area contributed by atoms with Crippen LogP contribution in [0.3, 0.4) is 0 Å². The van der Waals surface area contributed by atoms with Gasteiger partial charge < -0.3 is 24.2 Å². The SMILES string of the molecule is CCc1cnc(N2CCC(c3cccc(C(=O)N4C[C@@H]5C[C@H]4CN5C(=O)c4c(F)c(OC)cc(OC)c4F)c3)CC2)nc1. The quantitative estimate of drug-likeness (QED) is 0.401. The summed E-state index contributed by atoms with van der Waals surface area (Å²) in [5.41, 5.74) is 2.15. The predicted molar refractivity (Wildman–Crippen MR) is 156 cm³/mol. The number of carbonyl (C=O) groups is 2. The minimum Gasteiger partial charge on any atom is -0.494 e. The first-order valence-electron chi connectivity index (χ1n) is 14.7. The minimum atomic E-state index is -1.06. The van der Waals surface area contributed by atoms with E-state index < -0.39 is 23.1 Å². The summed E-state index contributed by atoms with van der Waals surface area (Å²) < 4.78 is 40.0. The highest BCUT2D eigenvalue weighted by molar-refractivity contribution is 5.98. The predicted octanol–water partition coefficient (Wildman–Crippen LogP) is 4.46. The number of ether oxygens (including phenoxy) is 2. The van der Waals surface area contributed by atoms with Crippen molar-refractivity contribution in [2.75, 3.05) is 45.3 Å². The first-order valence-corrected chi connectivity index (χ1v) is 14.7. The number of halogens is 2. The molecule has 11 heteroatoms. The standard InChI is InChI=1S/C32H35F2N5O4/c1-4-19-15-35-32(36-16-19)37-10-8-20(9-11-37)21-6-5-7-22(12-21)30(40)38-17-24-13-23(38)18-39(24)31(41)27-28(33)25(42-2)14-26(43-3)29(27)34/h5-7,12,14-16,20,23-24H,4,8-11,13,17-18H2,1-3H3/t23-,24-/m0/s1. The lowest BCUT2D eigenvalue weighted by Gasteiger charge is -2.35. The van der Waals surface area contributed by atoms with E-state index in [0.29, 0.717) is 24.4 Å². The van der Waals surface area contributed by atoms with Gasteiger partial charge in [0.1, 0.15) is 5.56 Å². The van der Waals surface area contributed by atoms with Crippen LogP contribution < -0.4 is 14.4 Å². The molecule has 0 aliphatic carbocycles. The number of hydrogen-bond acceptors (Lipinski definition) is 7. The van der Waals surface area contributed by atoms with Crippen molar-refractivity contribution < 1.29 is 27.8 Å². The number of rotatable bonds is 7. The summed E-state index contributed by atoms with van der Waals surface area (Å²) in [6.45, 7) is 4.27. The molecule has 4 heterocycles. The highest BCUT2D eigenvalue weighted by Gasteiger charge is 2.48. The van der Waals surface area contributed by atoms with Gasteiger partial charge in [0.05, 0.1) is 26.3 Å². The Bertz CT molecular complexity index is 1500. The number of carbonyl (C=O) groups excluding carboxylic acids is 2. The van der Waals surface area contributed by atoms with Crippen LogP contribution in [-0.2, 0) is 6.42 Å². The van der Waals surface area contributed by atoms with E-state index in [2.05, 4.69) is 27.9 Å². The van der Waals surface area contributed by atoms with Crippen LogP contribution in [0.1, 0.15) is 63.9 Å². The van der Waals surface area contributed by atoms with E-state index in [1.54, 1.807) is 4.90 Å². The van der Waals surface area contributed by atoms with Crippen LogP contribution in [0.5, 0.6) is 11.5 Å². The van der Waals surface area contributed by atoms with E-state index in [1.807, 2.05) is 30.6 Å². The Morgan fingerprint density at radius 2 is 1.51 bits per heavy atom. The molecule has 0 N–H and O–H groups in total. The first kappa shape index (κ1) is 28.8. The lowest BCUT2D eigenvalue weighted by Crippen LogP contribution is -2.51. The molecular weight excluding hydrogens is 556 g/mol. The van der Waals surface area contributed by atoms with Crippen molar-refractivity contribution in [1.82, 2.24) is 19.8 Å². The Morgan fingerprint density at radius 3 is 2.07 bits per heavy atom. The van der Waals surface area contributed by atoms with Gasteiger partial charge in [0.2, 0.25) is 5.95 Å². The van der Waals surface area contributed by atoms with Gasteiger partial charge in [0.25, 0.3) is 11.8 Å². The van der Waals surface area contributed by atoms with Gasteiger partial charge >= 0.3 is 0 Å². The molecule has 0 spiro atoms. The van der Waals surface area contributed by atoms with Crippen LogP contribution >= 0.6 is 0 Å². The molecular formula is C32H35F2N5O4. The number of aromatic nitrogens is 2. The maximum atomic E-state index is 15.0. The number of benzene rings is 2. The average Bonchev–Trinajstić information content (AvgIpc) is 3.66. The summed E-state index contributed by atoms with van der Waals surface area (Å²) in [4.78, 5) is 41.5. The van der Waals surface area contributed by atoms with Crippen LogP contribution in [0.4, 0.5) is 14.7 Å². The summed E-state index contributed by atoms with van der Waals surface area (Å²) in [6.07, 6.45) is 7.10.